The first-order valence-electron chi connectivity index (χ1n) is 6.01. The van der Waals surface area contributed by atoms with Gasteiger partial charge in [0, 0.05) is 18.7 Å². The van der Waals surface area contributed by atoms with Crippen molar-refractivity contribution < 1.29 is 9.66 Å². The summed E-state index contributed by atoms with van der Waals surface area (Å²) in [7, 11) is 1.61. The van der Waals surface area contributed by atoms with E-state index >= 15 is 0 Å². The molecule has 0 aromatic heterocycles. The second-order valence-corrected chi connectivity index (χ2v) is 4.23. The summed E-state index contributed by atoms with van der Waals surface area (Å²) in [4.78, 5) is 10.2. The first kappa shape index (κ1) is 13.7. The summed E-state index contributed by atoms with van der Waals surface area (Å²) < 4.78 is 5.15. The van der Waals surface area contributed by atoms with Gasteiger partial charge in [0.05, 0.1) is 23.4 Å². The number of ether oxygens (including phenoxy) is 1. The minimum atomic E-state index is -0.470. The standard InChI is InChI=1S/C14H15N3O3/c1-20-12-4-2-3-10(7-12)9-16-14-6-5-11(17(18)19)8-13(14)15/h2-8,16H,9,15H2,1H3. The van der Waals surface area contributed by atoms with Gasteiger partial charge in [0.1, 0.15) is 5.75 Å². The molecule has 0 heterocycles. The molecule has 0 radical (unpaired) electrons. The monoisotopic (exact) mass is 273 g/mol. The summed E-state index contributed by atoms with van der Waals surface area (Å²) in [5.74, 6) is 0.779. The molecule has 0 fully saturated rings. The molecule has 0 saturated carbocycles. The maximum Gasteiger partial charge on any atom is 0.271 e. The molecule has 0 atom stereocenters. The molecule has 0 unspecified atom stereocenters. The lowest BCUT2D eigenvalue weighted by Crippen LogP contribution is -2.03. The number of nitrogen functional groups attached to an aromatic ring is 1. The van der Waals surface area contributed by atoms with Crippen LogP contribution in [-0.2, 0) is 6.54 Å². The lowest BCUT2D eigenvalue weighted by molar-refractivity contribution is -0.384. The smallest absolute Gasteiger partial charge is 0.271 e. The highest BCUT2D eigenvalue weighted by Crippen LogP contribution is 2.24. The van der Waals surface area contributed by atoms with Crippen LogP contribution in [0.1, 0.15) is 5.56 Å². The number of nitrogens with one attached hydrogen (secondary N) is 1. The van der Waals surface area contributed by atoms with Gasteiger partial charge in [-0.2, -0.15) is 0 Å². The van der Waals surface area contributed by atoms with Gasteiger partial charge in [0.2, 0.25) is 0 Å². The minimum Gasteiger partial charge on any atom is -0.497 e. The highest BCUT2D eigenvalue weighted by atomic mass is 16.6. The topological polar surface area (TPSA) is 90.4 Å². The van der Waals surface area contributed by atoms with Gasteiger partial charge in [-0.25, -0.2) is 0 Å². The maximum atomic E-state index is 10.6. The van der Waals surface area contributed by atoms with Crippen molar-refractivity contribution >= 4 is 17.1 Å². The zero-order valence-electron chi connectivity index (χ0n) is 11.0. The van der Waals surface area contributed by atoms with E-state index in [0.29, 0.717) is 17.9 Å². The Morgan fingerprint density at radius 2 is 2.10 bits per heavy atom. The van der Waals surface area contributed by atoms with E-state index in [9.17, 15) is 10.1 Å². The minimum absolute atomic E-state index is 0.0190. The van der Waals surface area contributed by atoms with E-state index in [4.69, 9.17) is 10.5 Å². The van der Waals surface area contributed by atoms with Gasteiger partial charge >= 0.3 is 0 Å². The Hall–Kier alpha value is -2.76. The van der Waals surface area contributed by atoms with Crippen molar-refractivity contribution in [2.45, 2.75) is 6.54 Å². The predicted octanol–water partition coefficient (Wildman–Crippen LogP) is 2.80. The van der Waals surface area contributed by atoms with Gasteiger partial charge < -0.3 is 15.8 Å². The molecule has 104 valence electrons. The second-order valence-electron chi connectivity index (χ2n) is 4.23. The number of nitro groups is 1. The van der Waals surface area contributed by atoms with Crippen LogP contribution in [0.25, 0.3) is 0 Å². The molecule has 0 aliphatic heterocycles. The first-order valence-corrected chi connectivity index (χ1v) is 6.01. The first-order chi connectivity index (χ1) is 9.60. The van der Waals surface area contributed by atoms with Gasteiger partial charge in [0.25, 0.3) is 5.69 Å². The van der Waals surface area contributed by atoms with E-state index in [1.54, 1.807) is 13.2 Å². The van der Waals surface area contributed by atoms with Crippen LogP contribution in [-0.4, -0.2) is 12.0 Å². The summed E-state index contributed by atoms with van der Waals surface area (Å²) in [6.45, 7) is 0.555. The van der Waals surface area contributed by atoms with E-state index in [1.807, 2.05) is 24.3 Å². The predicted molar refractivity (Wildman–Crippen MR) is 77.8 cm³/mol. The van der Waals surface area contributed by atoms with E-state index in [0.717, 1.165) is 11.3 Å². The van der Waals surface area contributed by atoms with Crippen LogP contribution >= 0.6 is 0 Å². The molecule has 0 aliphatic carbocycles. The lowest BCUT2D eigenvalue weighted by Gasteiger charge is -2.10. The van der Waals surface area contributed by atoms with Crippen molar-refractivity contribution in [1.82, 2.24) is 0 Å². The maximum absolute atomic E-state index is 10.6. The molecule has 20 heavy (non-hydrogen) atoms. The third kappa shape index (κ3) is 3.17. The van der Waals surface area contributed by atoms with Crippen LogP contribution in [0.3, 0.4) is 0 Å². The van der Waals surface area contributed by atoms with Gasteiger partial charge in [-0.3, -0.25) is 10.1 Å². The summed E-state index contributed by atoms with van der Waals surface area (Å²) in [5.41, 5.74) is 7.81. The van der Waals surface area contributed by atoms with Crippen molar-refractivity contribution in [3.8, 4) is 5.75 Å². The molecule has 0 saturated heterocycles. The molecular formula is C14H15N3O3. The number of non-ortho nitro benzene ring substituents is 1. The molecule has 0 amide bonds. The van der Waals surface area contributed by atoms with Crippen LogP contribution in [0.2, 0.25) is 0 Å². The normalized spacial score (nSPS) is 10.1. The molecule has 6 heteroatoms. The number of benzene rings is 2. The molecule has 6 nitrogen and oxygen atoms in total. The SMILES string of the molecule is COc1cccc(CNc2ccc([N+](=O)[O-])cc2N)c1. The fraction of sp³-hybridized carbons (Fsp3) is 0.143. The summed E-state index contributed by atoms with van der Waals surface area (Å²) in [5, 5.41) is 13.8. The zero-order chi connectivity index (χ0) is 14.5. The Bertz CT molecular complexity index is 629. The van der Waals surface area contributed by atoms with Crippen molar-refractivity contribution in [2.75, 3.05) is 18.2 Å². The van der Waals surface area contributed by atoms with Gasteiger partial charge in [-0.05, 0) is 23.8 Å². The number of nitrogens with two attached hydrogens (primary N) is 1. The number of methoxy groups -OCH3 is 1. The van der Waals surface area contributed by atoms with E-state index in [-0.39, 0.29) is 5.69 Å². The summed E-state index contributed by atoms with van der Waals surface area (Å²) >= 11 is 0. The van der Waals surface area contributed by atoms with E-state index < -0.39 is 4.92 Å². The van der Waals surface area contributed by atoms with Crippen LogP contribution in [0, 0.1) is 10.1 Å². The number of hydrogen-bond acceptors (Lipinski definition) is 5. The van der Waals surface area contributed by atoms with Crippen molar-refractivity contribution in [2.24, 2.45) is 0 Å². The van der Waals surface area contributed by atoms with Gasteiger partial charge in [0.15, 0.2) is 0 Å². The Morgan fingerprint density at radius 3 is 2.75 bits per heavy atom. The van der Waals surface area contributed by atoms with E-state index in [1.165, 1.54) is 12.1 Å². The highest BCUT2D eigenvalue weighted by molar-refractivity contribution is 5.69. The van der Waals surface area contributed by atoms with Crippen LogP contribution in [0.5, 0.6) is 5.75 Å². The molecule has 3 N–H and O–H groups in total. The third-order valence-electron chi connectivity index (χ3n) is 2.86. The van der Waals surface area contributed by atoms with E-state index in [2.05, 4.69) is 5.32 Å². The third-order valence-corrected chi connectivity index (χ3v) is 2.86. The fourth-order valence-electron chi connectivity index (χ4n) is 1.80. The number of nitrogens with zero attached hydrogens (tertiary/aromatic N) is 1. The Balaban J connectivity index is 2.08. The van der Waals surface area contributed by atoms with Crippen LogP contribution < -0.4 is 15.8 Å². The molecule has 2 rings (SSSR count). The van der Waals surface area contributed by atoms with Crippen LogP contribution in [0.15, 0.2) is 42.5 Å². The Kier molecular flexibility index (Phi) is 4.05. The molecule has 0 bridgehead atoms. The number of anilines is 2. The average Bonchev–Trinajstić information content (AvgIpc) is 2.46. The molecule has 2 aromatic carbocycles. The molecular weight excluding hydrogens is 258 g/mol. The Morgan fingerprint density at radius 1 is 1.30 bits per heavy atom. The zero-order valence-corrected chi connectivity index (χ0v) is 11.0. The second kappa shape index (κ2) is 5.92. The van der Waals surface area contributed by atoms with Crippen molar-refractivity contribution in [3.63, 3.8) is 0 Å². The van der Waals surface area contributed by atoms with Crippen LogP contribution in [0.4, 0.5) is 17.1 Å². The summed E-state index contributed by atoms with van der Waals surface area (Å²) in [6, 6.07) is 12.0. The van der Waals surface area contributed by atoms with Crippen molar-refractivity contribution in [1.29, 1.82) is 0 Å². The van der Waals surface area contributed by atoms with Gasteiger partial charge in [-0.1, -0.05) is 12.1 Å². The molecule has 0 spiro atoms. The highest BCUT2D eigenvalue weighted by Gasteiger charge is 2.08. The Labute approximate surface area is 116 Å². The number of nitro benzene ring substituents is 1. The van der Waals surface area contributed by atoms with Gasteiger partial charge in [-0.15, -0.1) is 0 Å². The molecule has 2 aromatic rings. The number of hydrogen-bond donors (Lipinski definition) is 2. The quantitative estimate of drug-likeness (QED) is 0.496. The van der Waals surface area contributed by atoms with Crippen molar-refractivity contribution in [3.05, 3.63) is 58.1 Å². The lowest BCUT2D eigenvalue weighted by atomic mass is 10.2. The largest absolute Gasteiger partial charge is 0.497 e. The molecule has 0 aliphatic rings. The summed E-state index contributed by atoms with van der Waals surface area (Å²) in [6.07, 6.45) is 0. The number of rotatable bonds is 5. The average molecular weight is 273 g/mol. The fourth-order valence-corrected chi connectivity index (χ4v) is 1.80.